The lowest BCUT2D eigenvalue weighted by atomic mass is 9.89. The predicted octanol–water partition coefficient (Wildman–Crippen LogP) is 1.38. The van der Waals surface area contributed by atoms with Crippen molar-refractivity contribution in [1.29, 1.82) is 0 Å². The molecule has 0 atom stereocenters. The maximum absolute atomic E-state index is 12.3. The maximum Gasteiger partial charge on any atom is 0.236 e. The summed E-state index contributed by atoms with van der Waals surface area (Å²) in [6.07, 6.45) is 7.70. The smallest absolute Gasteiger partial charge is 0.236 e. The van der Waals surface area contributed by atoms with E-state index in [2.05, 4.69) is 27.0 Å². The normalized spacial score (nSPS) is 24.8. The van der Waals surface area contributed by atoms with Crippen LogP contribution in [0.4, 0.5) is 0 Å². The van der Waals surface area contributed by atoms with Crippen LogP contribution in [0.25, 0.3) is 0 Å². The van der Waals surface area contributed by atoms with E-state index in [-0.39, 0.29) is 0 Å². The molecule has 3 aliphatic rings. The van der Waals surface area contributed by atoms with Crippen molar-refractivity contribution in [2.75, 3.05) is 59.4 Å². The van der Waals surface area contributed by atoms with Gasteiger partial charge in [-0.15, -0.1) is 0 Å². The van der Waals surface area contributed by atoms with Gasteiger partial charge in [-0.3, -0.25) is 14.7 Å². The third-order valence-corrected chi connectivity index (χ3v) is 6.19. The highest BCUT2D eigenvalue weighted by molar-refractivity contribution is 5.80. The Balaban J connectivity index is 1.41. The third kappa shape index (κ3) is 4.87. The van der Waals surface area contributed by atoms with Crippen LogP contribution in [0.15, 0.2) is 4.99 Å². The molecule has 1 saturated carbocycles. The molecule has 1 N–H and O–H groups in total. The molecule has 0 bridgehead atoms. The number of guanidine groups is 1. The Bertz CT molecular complexity index is 472. The molecule has 3 fully saturated rings. The highest BCUT2D eigenvalue weighted by Crippen LogP contribution is 2.36. The number of aliphatic imine (C=N–C) groups is 1. The molecule has 3 rings (SSSR count). The Labute approximate surface area is 152 Å². The summed E-state index contributed by atoms with van der Waals surface area (Å²) >= 11 is 0. The summed E-state index contributed by atoms with van der Waals surface area (Å²) in [6.45, 7) is 9.68. The van der Waals surface area contributed by atoms with Crippen LogP contribution >= 0.6 is 0 Å². The van der Waals surface area contributed by atoms with Gasteiger partial charge < -0.3 is 15.1 Å². The van der Waals surface area contributed by atoms with Gasteiger partial charge in [0.1, 0.15) is 0 Å². The van der Waals surface area contributed by atoms with Gasteiger partial charge in [0.15, 0.2) is 5.96 Å². The van der Waals surface area contributed by atoms with Crippen molar-refractivity contribution in [3.63, 3.8) is 0 Å². The molecule has 0 spiro atoms. The minimum Gasteiger partial charge on any atom is -0.356 e. The van der Waals surface area contributed by atoms with Gasteiger partial charge in [-0.05, 0) is 31.1 Å². The van der Waals surface area contributed by atoms with Gasteiger partial charge in [-0.25, -0.2) is 0 Å². The molecule has 6 nitrogen and oxygen atoms in total. The molecule has 6 heteroatoms. The summed E-state index contributed by atoms with van der Waals surface area (Å²) in [5.74, 6) is 1.33. The lowest BCUT2D eigenvalue weighted by Crippen LogP contribution is -2.54. The predicted molar refractivity (Wildman–Crippen MR) is 102 cm³/mol. The number of carbonyl (C=O) groups excluding carboxylic acids is 1. The topological polar surface area (TPSA) is 51.2 Å². The number of carbonyl (C=O) groups is 1. The first-order valence-electron chi connectivity index (χ1n) is 10.1. The Morgan fingerprint density at radius 2 is 1.60 bits per heavy atom. The van der Waals surface area contributed by atoms with Gasteiger partial charge in [0.2, 0.25) is 5.91 Å². The molecule has 2 aliphatic heterocycles. The lowest BCUT2D eigenvalue weighted by Gasteiger charge is -2.37. The summed E-state index contributed by atoms with van der Waals surface area (Å²) in [5.41, 5.74) is 0.430. The summed E-state index contributed by atoms with van der Waals surface area (Å²) in [4.78, 5) is 23.5. The minimum absolute atomic E-state index is 0.308. The van der Waals surface area contributed by atoms with Gasteiger partial charge in [0, 0.05) is 52.9 Å². The molecular weight excluding hydrogens is 314 g/mol. The average Bonchev–Trinajstić information content (AvgIpc) is 3.29. The summed E-state index contributed by atoms with van der Waals surface area (Å²) in [5, 5.41) is 3.60. The van der Waals surface area contributed by atoms with Crippen molar-refractivity contribution in [3.8, 4) is 0 Å². The SMILES string of the molecule is CN=C(NCC1(C)CCCC1)N1CCN(CC(=O)N2CCCC2)CC1. The Hall–Kier alpha value is -1.30. The van der Waals surface area contributed by atoms with Crippen molar-refractivity contribution in [2.45, 2.75) is 45.4 Å². The van der Waals surface area contributed by atoms with Gasteiger partial charge in [-0.1, -0.05) is 19.8 Å². The fourth-order valence-corrected chi connectivity index (χ4v) is 4.41. The Morgan fingerprint density at radius 3 is 2.20 bits per heavy atom. The van der Waals surface area contributed by atoms with E-state index < -0.39 is 0 Å². The fourth-order valence-electron chi connectivity index (χ4n) is 4.41. The van der Waals surface area contributed by atoms with E-state index in [1.807, 2.05) is 11.9 Å². The number of nitrogens with zero attached hydrogens (tertiary/aromatic N) is 4. The first-order valence-corrected chi connectivity index (χ1v) is 10.1. The molecule has 0 radical (unpaired) electrons. The number of amides is 1. The fraction of sp³-hybridized carbons (Fsp3) is 0.895. The number of piperazine rings is 1. The number of hydrogen-bond acceptors (Lipinski definition) is 3. The minimum atomic E-state index is 0.308. The van der Waals surface area contributed by atoms with E-state index >= 15 is 0 Å². The second-order valence-electron chi connectivity index (χ2n) is 8.27. The third-order valence-electron chi connectivity index (χ3n) is 6.19. The first kappa shape index (κ1) is 18.5. The Kier molecular flexibility index (Phi) is 6.20. The molecule has 0 unspecified atom stereocenters. The summed E-state index contributed by atoms with van der Waals surface area (Å²) in [6, 6.07) is 0. The zero-order chi connectivity index (χ0) is 17.7. The van der Waals surface area contributed by atoms with Crippen LogP contribution in [-0.2, 0) is 4.79 Å². The molecule has 2 saturated heterocycles. The monoisotopic (exact) mass is 349 g/mol. The van der Waals surface area contributed by atoms with Gasteiger partial charge in [0.25, 0.3) is 0 Å². The number of likely N-dealkylation sites (tertiary alicyclic amines) is 1. The molecule has 0 aromatic rings. The quantitative estimate of drug-likeness (QED) is 0.615. The van der Waals surface area contributed by atoms with Crippen molar-refractivity contribution >= 4 is 11.9 Å². The highest BCUT2D eigenvalue weighted by Gasteiger charge is 2.30. The zero-order valence-corrected chi connectivity index (χ0v) is 16.1. The van der Waals surface area contributed by atoms with Crippen LogP contribution < -0.4 is 5.32 Å². The average molecular weight is 350 g/mol. The van der Waals surface area contributed by atoms with E-state index in [0.717, 1.165) is 51.8 Å². The van der Waals surface area contributed by atoms with Crippen molar-refractivity contribution in [3.05, 3.63) is 0 Å². The van der Waals surface area contributed by atoms with E-state index in [1.54, 1.807) is 0 Å². The Morgan fingerprint density at radius 1 is 0.960 bits per heavy atom. The van der Waals surface area contributed by atoms with Crippen LogP contribution in [0, 0.1) is 5.41 Å². The largest absolute Gasteiger partial charge is 0.356 e. The molecular formula is C19H35N5O. The van der Waals surface area contributed by atoms with Crippen LogP contribution in [0.1, 0.15) is 45.4 Å². The van der Waals surface area contributed by atoms with E-state index in [9.17, 15) is 4.79 Å². The number of rotatable bonds is 4. The molecule has 1 aliphatic carbocycles. The van der Waals surface area contributed by atoms with Gasteiger partial charge in [0.05, 0.1) is 6.54 Å². The van der Waals surface area contributed by atoms with E-state index in [0.29, 0.717) is 17.9 Å². The van der Waals surface area contributed by atoms with Crippen LogP contribution in [0.3, 0.4) is 0 Å². The summed E-state index contributed by atoms with van der Waals surface area (Å²) < 4.78 is 0. The van der Waals surface area contributed by atoms with Crippen molar-refractivity contribution < 1.29 is 4.79 Å². The second-order valence-corrected chi connectivity index (χ2v) is 8.27. The number of nitrogens with one attached hydrogen (secondary N) is 1. The standard InChI is InChI=1S/C19H35N5O/c1-19(7-3-4-8-19)16-21-18(20-2)24-13-11-22(12-14-24)15-17(25)23-9-5-6-10-23/h3-16H2,1-2H3,(H,20,21). The van der Waals surface area contributed by atoms with Crippen molar-refractivity contribution in [2.24, 2.45) is 10.4 Å². The zero-order valence-electron chi connectivity index (χ0n) is 16.1. The molecule has 142 valence electrons. The van der Waals surface area contributed by atoms with Crippen LogP contribution in [0.2, 0.25) is 0 Å². The number of hydrogen-bond donors (Lipinski definition) is 1. The van der Waals surface area contributed by atoms with Gasteiger partial charge in [-0.2, -0.15) is 0 Å². The molecule has 0 aromatic carbocycles. The molecule has 25 heavy (non-hydrogen) atoms. The lowest BCUT2D eigenvalue weighted by molar-refractivity contribution is -0.131. The second kappa shape index (κ2) is 8.39. The van der Waals surface area contributed by atoms with Crippen molar-refractivity contribution in [1.82, 2.24) is 20.0 Å². The van der Waals surface area contributed by atoms with Gasteiger partial charge >= 0.3 is 0 Å². The van der Waals surface area contributed by atoms with E-state index in [4.69, 9.17) is 0 Å². The summed E-state index contributed by atoms with van der Waals surface area (Å²) in [7, 11) is 1.88. The molecule has 2 heterocycles. The first-order chi connectivity index (χ1) is 12.1. The molecule has 0 aromatic heterocycles. The molecule has 1 amide bonds. The maximum atomic E-state index is 12.3. The van der Waals surface area contributed by atoms with Crippen LogP contribution in [0.5, 0.6) is 0 Å². The van der Waals surface area contributed by atoms with Crippen LogP contribution in [-0.4, -0.2) is 86.0 Å². The highest BCUT2D eigenvalue weighted by atomic mass is 16.2. The van der Waals surface area contributed by atoms with E-state index in [1.165, 1.54) is 38.5 Å².